The molecule has 1 aliphatic rings. The fraction of sp³-hybridized carbons (Fsp3) is 0.500. The lowest BCUT2D eigenvalue weighted by Gasteiger charge is -2.14. The highest BCUT2D eigenvalue weighted by Crippen LogP contribution is 2.14. The van der Waals surface area contributed by atoms with E-state index in [1.807, 2.05) is 6.07 Å². The van der Waals surface area contributed by atoms with Crippen LogP contribution in [0.5, 0.6) is 0 Å². The Morgan fingerprint density at radius 1 is 1.16 bits per heavy atom. The van der Waals surface area contributed by atoms with Gasteiger partial charge in [-0.3, -0.25) is 0 Å². The van der Waals surface area contributed by atoms with E-state index in [0.717, 1.165) is 50.1 Å². The molecule has 6 nitrogen and oxygen atoms in total. The molecular weight excluding hydrogens is 427 g/mol. The Morgan fingerprint density at radius 2 is 2.00 bits per heavy atom. The number of nitrogens with one attached hydrogen (secondary N) is 2. The molecule has 0 atom stereocenters. The number of hydrogen-bond donors (Lipinski definition) is 2. The Hall–Kier alpha value is -1.64. The predicted octanol–water partition coefficient (Wildman–Crippen LogP) is 2.53. The summed E-state index contributed by atoms with van der Waals surface area (Å²) < 4.78 is 2.22. The lowest BCUT2D eigenvalue weighted by Crippen LogP contribution is -2.38. The minimum Gasteiger partial charge on any atom is -0.357 e. The Labute approximate surface area is 166 Å². The molecule has 136 valence electrons. The zero-order valence-corrected chi connectivity index (χ0v) is 17.1. The quantitative estimate of drug-likeness (QED) is 0.400. The minimum atomic E-state index is 0. The molecule has 0 radical (unpaired) electrons. The lowest BCUT2D eigenvalue weighted by atomic mass is 10.1. The van der Waals surface area contributed by atoms with Crippen LogP contribution in [0.4, 0.5) is 0 Å². The molecule has 0 saturated carbocycles. The second kappa shape index (κ2) is 10.4. The Morgan fingerprint density at radius 3 is 2.80 bits per heavy atom. The van der Waals surface area contributed by atoms with Crippen molar-refractivity contribution in [1.82, 2.24) is 25.4 Å². The van der Waals surface area contributed by atoms with Gasteiger partial charge in [0.15, 0.2) is 11.8 Å². The van der Waals surface area contributed by atoms with Gasteiger partial charge in [0.1, 0.15) is 12.4 Å². The fourth-order valence-electron chi connectivity index (χ4n) is 2.95. The van der Waals surface area contributed by atoms with Gasteiger partial charge in [-0.05, 0) is 31.7 Å². The molecule has 0 aliphatic carbocycles. The van der Waals surface area contributed by atoms with Crippen LogP contribution in [0.2, 0.25) is 0 Å². The maximum absolute atomic E-state index is 4.67. The van der Waals surface area contributed by atoms with Crippen molar-refractivity contribution in [1.29, 1.82) is 0 Å². The molecule has 7 heteroatoms. The van der Waals surface area contributed by atoms with E-state index in [0.29, 0.717) is 6.54 Å². The summed E-state index contributed by atoms with van der Waals surface area (Å²) in [4.78, 5) is 4.67. The third-order valence-electron chi connectivity index (χ3n) is 4.21. The van der Waals surface area contributed by atoms with E-state index in [-0.39, 0.29) is 24.0 Å². The van der Waals surface area contributed by atoms with Crippen molar-refractivity contribution in [3.63, 3.8) is 0 Å². The van der Waals surface area contributed by atoms with E-state index < -0.39 is 0 Å². The van der Waals surface area contributed by atoms with Crippen molar-refractivity contribution in [2.75, 3.05) is 13.1 Å². The van der Waals surface area contributed by atoms with Crippen LogP contribution in [0, 0.1) is 0 Å². The van der Waals surface area contributed by atoms with Gasteiger partial charge in [-0.1, -0.05) is 30.3 Å². The molecule has 2 aromatic rings. The summed E-state index contributed by atoms with van der Waals surface area (Å²) in [6.45, 7) is 5.36. The molecule has 1 aromatic carbocycles. The van der Waals surface area contributed by atoms with E-state index in [4.69, 9.17) is 0 Å². The number of nitrogens with zero attached hydrogens (tertiary/aromatic N) is 4. The van der Waals surface area contributed by atoms with Crippen LogP contribution in [0.3, 0.4) is 0 Å². The van der Waals surface area contributed by atoms with Gasteiger partial charge in [-0.25, -0.2) is 4.99 Å². The number of rotatable bonds is 6. The monoisotopic (exact) mass is 454 g/mol. The van der Waals surface area contributed by atoms with Crippen LogP contribution in [0.1, 0.15) is 37.0 Å². The summed E-state index contributed by atoms with van der Waals surface area (Å²) in [6.07, 6.45) is 4.43. The van der Waals surface area contributed by atoms with Gasteiger partial charge in [0.05, 0.1) is 0 Å². The Kier molecular flexibility index (Phi) is 8.17. The summed E-state index contributed by atoms with van der Waals surface area (Å²) in [5.41, 5.74) is 1.33. The molecule has 0 saturated heterocycles. The SMILES string of the molecule is CCNC(=NCc1nnc2n1CCCC2)NCCc1ccccc1.I. The third kappa shape index (κ3) is 5.69. The van der Waals surface area contributed by atoms with Crippen LogP contribution in [0.15, 0.2) is 35.3 Å². The number of aromatic nitrogens is 3. The number of aryl methyl sites for hydroxylation is 1. The number of halogens is 1. The van der Waals surface area contributed by atoms with Gasteiger partial charge >= 0.3 is 0 Å². The van der Waals surface area contributed by atoms with Gasteiger partial charge in [0, 0.05) is 26.1 Å². The van der Waals surface area contributed by atoms with Crippen molar-refractivity contribution < 1.29 is 0 Å². The number of aliphatic imine (C=N–C) groups is 1. The van der Waals surface area contributed by atoms with Crippen molar-refractivity contribution in [2.45, 2.75) is 45.7 Å². The summed E-state index contributed by atoms with van der Waals surface area (Å²) in [5, 5.41) is 15.3. The largest absolute Gasteiger partial charge is 0.357 e. The number of benzene rings is 1. The van der Waals surface area contributed by atoms with Crippen molar-refractivity contribution in [2.24, 2.45) is 4.99 Å². The van der Waals surface area contributed by atoms with E-state index in [9.17, 15) is 0 Å². The van der Waals surface area contributed by atoms with Gasteiger partial charge in [0.25, 0.3) is 0 Å². The molecular formula is C18H27IN6. The molecule has 25 heavy (non-hydrogen) atoms. The molecule has 2 N–H and O–H groups in total. The van der Waals surface area contributed by atoms with Gasteiger partial charge in [-0.15, -0.1) is 34.2 Å². The zero-order chi connectivity index (χ0) is 16.6. The van der Waals surface area contributed by atoms with Gasteiger partial charge in [-0.2, -0.15) is 0 Å². The van der Waals surface area contributed by atoms with E-state index in [1.54, 1.807) is 0 Å². The highest BCUT2D eigenvalue weighted by Gasteiger charge is 2.15. The van der Waals surface area contributed by atoms with Crippen LogP contribution in [-0.4, -0.2) is 33.8 Å². The Balaban J connectivity index is 0.00000225. The predicted molar refractivity (Wildman–Crippen MR) is 111 cm³/mol. The summed E-state index contributed by atoms with van der Waals surface area (Å²) in [5.74, 6) is 2.90. The van der Waals surface area contributed by atoms with E-state index in [2.05, 4.69) is 61.6 Å². The first-order valence-corrected chi connectivity index (χ1v) is 8.84. The second-order valence-electron chi connectivity index (χ2n) is 6.00. The lowest BCUT2D eigenvalue weighted by molar-refractivity contribution is 0.508. The molecule has 3 rings (SSSR count). The van der Waals surface area contributed by atoms with E-state index in [1.165, 1.54) is 18.4 Å². The standard InChI is InChI=1S/C18H26N6.HI/c1-2-19-18(20-12-11-15-8-4-3-5-9-15)21-14-17-23-22-16-10-6-7-13-24(16)17;/h3-5,8-9H,2,6-7,10-14H2,1H3,(H2,19,20,21);1H. The number of hydrogen-bond acceptors (Lipinski definition) is 3. The average Bonchev–Trinajstić information content (AvgIpc) is 3.04. The van der Waals surface area contributed by atoms with Gasteiger partial charge in [0.2, 0.25) is 0 Å². The Bertz CT molecular complexity index is 667. The molecule has 0 bridgehead atoms. The first-order chi connectivity index (χ1) is 11.9. The van der Waals surface area contributed by atoms with Crippen LogP contribution in [-0.2, 0) is 25.9 Å². The van der Waals surface area contributed by atoms with Crippen molar-refractivity contribution in [3.8, 4) is 0 Å². The number of fused-ring (bicyclic) bond motifs is 1. The molecule has 0 unspecified atom stereocenters. The molecule has 0 amide bonds. The average molecular weight is 454 g/mol. The first-order valence-electron chi connectivity index (χ1n) is 8.84. The minimum absolute atomic E-state index is 0. The van der Waals surface area contributed by atoms with Crippen molar-refractivity contribution in [3.05, 3.63) is 47.5 Å². The summed E-state index contributed by atoms with van der Waals surface area (Å²) in [7, 11) is 0. The smallest absolute Gasteiger partial charge is 0.191 e. The maximum atomic E-state index is 4.67. The topological polar surface area (TPSA) is 67.1 Å². The third-order valence-corrected chi connectivity index (χ3v) is 4.21. The molecule has 1 aromatic heterocycles. The maximum Gasteiger partial charge on any atom is 0.191 e. The molecule has 1 aliphatic heterocycles. The van der Waals surface area contributed by atoms with Crippen LogP contribution < -0.4 is 10.6 Å². The van der Waals surface area contributed by atoms with Gasteiger partial charge < -0.3 is 15.2 Å². The normalized spacial score (nSPS) is 13.7. The second-order valence-corrected chi connectivity index (χ2v) is 6.00. The van der Waals surface area contributed by atoms with E-state index >= 15 is 0 Å². The number of guanidine groups is 1. The highest BCUT2D eigenvalue weighted by atomic mass is 127. The van der Waals surface area contributed by atoms with Crippen LogP contribution >= 0.6 is 24.0 Å². The van der Waals surface area contributed by atoms with Crippen LogP contribution in [0.25, 0.3) is 0 Å². The highest BCUT2D eigenvalue weighted by molar-refractivity contribution is 14.0. The summed E-state index contributed by atoms with van der Waals surface area (Å²) in [6, 6.07) is 10.5. The van der Waals surface area contributed by atoms with Crippen molar-refractivity contribution >= 4 is 29.9 Å². The molecule has 2 heterocycles. The summed E-state index contributed by atoms with van der Waals surface area (Å²) >= 11 is 0. The first kappa shape index (κ1) is 19.7. The molecule has 0 fully saturated rings. The zero-order valence-electron chi connectivity index (χ0n) is 14.7. The fourth-order valence-corrected chi connectivity index (χ4v) is 2.95. The molecule has 0 spiro atoms.